The Bertz CT molecular complexity index is 368. The molecule has 1 aliphatic heterocycles. The Labute approximate surface area is 116 Å². The third-order valence-corrected chi connectivity index (χ3v) is 5.13. The fraction of sp³-hybridized carbons (Fsp3) is 1.00. The first-order valence-electron chi connectivity index (χ1n) is 6.38. The summed E-state index contributed by atoms with van der Waals surface area (Å²) in [7, 11) is -3.20. The van der Waals surface area contributed by atoms with Crippen LogP contribution in [0.1, 0.15) is 34.1 Å². The van der Waals surface area contributed by atoms with Gasteiger partial charge in [0.05, 0.1) is 17.5 Å². The van der Waals surface area contributed by atoms with Gasteiger partial charge in [0, 0.05) is 19.0 Å². The third kappa shape index (κ3) is 4.68. The van der Waals surface area contributed by atoms with Crippen molar-refractivity contribution in [3.8, 4) is 0 Å². The average Bonchev–Trinajstić information content (AvgIpc) is 2.24. The van der Waals surface area contributed by atoms with Gasteiger partial charge in [-0.05, 0) is 26.2 Å². The summed E-state index contributed by atoms with van der Waals surface area (Å²) in [5.41, 5.74) is -0.470. The molecule has 0 aliphatic carbocycles. The van der Waals surface area contributed by atoms with Gasteiger partial charge in [0.15, 0.2) is 0 Å². The minimum atomic E-state index is -3.20. The topological polar surface area (TPSA) is 46.6 Å². The van der Waals surface area contributed by atoms with Gasteiger partial charge in [0.25, 0.3) is 0 Å². The van der Waals surface area contributed by atoms with Crippen LogP contribution in [-0.2, 0) is 14.8 Å². The summed E-state index contributed by atoms with van der Waals surface area (Å²) < 4.78 is 31.8. The molecule has 0 saturated carbocycles. The molecule has 1 rings (SSSR count). The lowest BCUT2D eigenvalue weighted by Crippen LogP contribution is -2.55. The number of alkyl halides is 1. The molecule has 4 nitrogen and oxygen atoms in total. The SMILES string of the molecule is CC(C)CCS(=O)(=O)N1CC(CCl)OC(C)(C)C1. The number of hydrogen-bond acceptors (Lipinski definition) is 3. The standard InChI is InChI=1S/C12H24ClNO3S/c1-10(2)5-6-18(15,16)14-8-11(7-13)17-12(3,4)9-14/h10-11H,5-9H2,1-4H3. The van der Waals surface area contributed by atoms with E-state index >= 15 is 0 Å². The third-order valence-electron chi connectivity index (χ3n) is 2.97. The van der Waals surface area contributed by atoms with E-state index in [1.807, 2.05) is 27.7 Å². The number of sulfonamides is 1. The minimum Gasteiger partial charge on any atom is -0.368 e. The summed E-state index contributed by atoms with van der Waals surface area (Å²) in [6.07, 6.45) is 0.468. The summed E-state index contributed by atoms with van der Waals surface area (Å²) in [5, 5.41) is 0. The molecular formula is C12H24ClNO3S. The van der Waals surface area contributed by atoms with Crippen LogP contribution >= 0.6 is 11.6 Å². The summed E-state index contributed by atoms with van der Waals surface area (Å²) in [6.45, 7) is 8.63. The average molecular weight is 298 g/mol. The van der Waals surface area contributed by atoms with Crippen molar-refractivity contribution >= 4 is 21.6 Å². The smallest absolute Gasteiger partial charge is 0.214 e. The molecule has 0 bridgehead atoms. The Morgan fingerprint density at radius 3 is 2.56 bits per heavy atom. The van der Waals surface area contributed by atoms with E-state index in [0.717, 1.165) is 0 Å². The molecule has 0 amide bonds. The fourth-order valence-electron chi connectivity index (χ4n) is 2.05. The Morgan fingerprint density at radius 1 is 1.44 bits per heavy atom. The molecule has 1 aliphatic rings. The molecule has 1 atom stereocenters. The van der Waals surface area contributed by atoms with Gasteiger partial charge >= 0.3 is 0 Å². The first kappa shape index (κ1) is 16.2. The largest absolute Gasteiger partial charge is 0.368 e. The van der Waals surface area contributed by atoms with Crippen LogP contribution in [0.4, 0.5) is 0 Å². The monoisotopic (exact) mass is 297 g/mol. The van der Waals surface area contributed by atoms with Gasteiger partial charge in [-0.1, -0.05) is 13.8 Å². The van der Waals surface area contributed by atoms with Crippen molar-refractivity contribution < 1.29 is 13.2 Å². The predicted molar refractivity (Wildman–Crippen MR) is 74.5 cm³/mol. The van der Waals surface area contributed by atoms with Crippen LogP contribution < -0.4 is 0 Å². The molecule has 0 aromatic carbocycles. The Morgan fingerprint density at radius 2 is 2.06 bits per heavy atom. The van der Waals surface area contributed by atoms with Gasteiger partial charge in [0.2, 0.25) is 10.0 Å². The summed E-state index contributed by atoms with van der Waals surface area (Å²) in [4.78, 5) is 0. The highest BCUT2D eigenvalue weighted by Gasteiger charge is 2.38. The van der Waals surface area contributed by atoms with E-state index in [-0.39, 0.29) is 11.9 Å². The van der Waals surface area contributed by atoms with Crippen LogP contribution in [0.3, 0.4) is 0 Å². The number of rotatable bonds is 5. The van der Waals surface area contributed by atoms with Gasteiger partial charge in [0.1, 0.15) is 0 Å². The van der Waals surface area contributed by atoms with Crippen LogP contribution in [0.15, 0.2) is 0 Å². The van der Waals surface area contributed by atoms with Crippen molar-refractivity contribution in [3.63, 3.8) is 0 Å². The molecule has 1 saturated heterocycles. The van der Waals surface area contributed by atoms with E-state index in [4.69, 9.17) is 16.3 Å². The first-order valence-corrected chi connectivity index (χ1v) is 8.52. The molecule has 1 heterocycles. The second kappa shape index (κ2) is 6.07. The Hall–Kier alpha value is 0.160. The van der Waals surface area contributed by atoms with Gasteiger partial charge in [-0.2, -0.15) is 4.31 Å². The lowest BCUT2D eigenvalue weighted by molar-refractivity contribution is -0.107. The molecule has 1 unspecified atom stereocenters. The molecule has 0 spiro atoms. The maximum absolute atomic E-state index is 12.3. The van der Waals surface area contributed by atoms with E-state index < -0.39 is 15.6 Å². The first-order chi connectivity index (χ1) is 8.16. The Balaban J connectivity index is 2.74. The number of nitrogens with zero attached hydrogens (tertiary/aromatic N) is 1. The normalized spacial score (nSPS) is 25.6. The van der Waals surface area contributed by atoms with Crippen molar-refractivity contribution in [2.75, 3.05) is 24.7 Å². The zero-order chi connectivity index (χ0) is 14.0. The van der Waals surface area contributed by atoms with E-state index in [2.05, 4.69) is 0 Å². The van der Waals surface area contributed by atoms with Crippen LogP contribution in [0, 0.1) is 5.92 Å². The lowest BCUT2D eigenvalue weighted by Gasteiger charge is -2.41. The van der Waals surface area contributed by atoms with Gasteiger partial charge in [-0.3, -0.25) is 0 Å². The quantitative estimate of drug-likeness (QED) is 0.730. The van der Waals surface area contributed by atoms with E-state index in [1.165, 1.54) is 4.31 Å². The zero-order valence-corrected chi connectivity index (χ0v) is 13.2. The second-order valence-electron chi connectivity index (χ2n) is 5.94. The molecule has 0 aromatic heterocycles. The van der Waals surface area contributed by atoms with Crippen molar-refractivity contribution in [3.05, 3.63) is 0 Å². The summed E-state index contributed by atoms with van der Waals surface area (Å²) in [5.74, 6) is 0.910. The molecular weight excluding hydrogens is 274 g/mol. The van der Waals surface area contributed by atoms with Crippen LogP contribution in [0.2, 0.25) is 0 Å². The van der Waals surface area contributed by atoms with E-state index in [9.17, 15) is 8.42 Å². The number of ether oxygens (including phenoxy) is 1. The Kier molecular flexibility index (Phi) is 5.47. The van der Waals surface area contributed by atoms with Crippen molar-refractivity contribution in [1.29, 1.82) is 0 Å². The maximum atomic E-state index is 12.3. The van der Waals surface area contributed by atoms with Gasteiger partial charge in [-0.25, -0.2) is 8.42 Å². The minimum absolute atomic E-state index is 0.204. The van der Waals surface area contributed by atoms with Crippen LogP contribution in [0.5, 0.6) is 0 Å². The van der Waals surface area contributed by atoms with E-state index in [0.29, 0.717) is 31.3 Å². The number of morpholine rings is 1. The van der Waals surface area contributed by atoms with Crippen molar-refractivity contribution in [2.45, 2.75) is 45.8 Å². The maximum Gasteiger partial charge on any atom is 0.214 e. The number of hydrogen-bond donors (Lipinski definition) is 0. The molecule has 108 valence electrons. The van der Waals surface area contributed by atoms with Crippen molar-refractivity contribution in [1.82, 2.24) is 4.31 Å². The zero-order valence-electron chi connectivity index (χ0n) is 11.6. The van der Waals surface area contributed by atoms with E-state index in [1.54, 1.807) is 0 Å². The van der Waals surface area contributed by atoms with Gasteiger partial charge in [-0.15, -0.1) is 11.6 Å². The predicted octanol–water partition coefficient (Wildman–Crippen LogP) is 2.08. The van der Waals surface area contributed by atoms with Crippen LogP contribution in [-0.4, -0.2) is 49.2 Å². The molecule has 18 heavy (non-hydrogen) atoms. The molecule has 0 aromatic rings. The molecule has 0 N–H and O–H groups in total. The van der Waals surface area contributed by atoms with Crippen molar-refractivity contribution in [2.24, 2.45) is 5.92 Å². The number of halogens is 1. The highest BCUT2D eigenvalue weighted by molar-refractivity contribution is 7.89. The molecule has 0 radical (unpaired) electrons. The molecule has 1 fully saturated rings. The summed E-state index contributed by atoms with van der Waals surface area (Å²) >= 11 is 5.80. The lowest BCUT2D eigenvalue weighted by atomic mass is 10.1. The summed E-state index contributed by atoms with van der Waals surface area (Å²) in [6, 6.07) is 0. The fourth-order valence-corrected chi connectivity index (χ4v) is 4.14. The van der Waals surface area contributed by atoms with Crippen LogP contribution in [0.25, 0.3) is 0 Å². The molecule has 6 heteroatoms. The second-order valence-corrected chi connectivity index (χ2v) is 8.34. The highest BCUT2D eigenvalue weighted by Crippen LogP contribution is 2.24. The highest BCUT2D eigenvalue weighted by atomic mass is 35.5. The van der Waals surface area contributed by atoms with Gasteiger partial charge < -0.3 is 4.74 Å².